The molecule has 0 saturated carbocycles. The van der Waals surface area contributed by atoms with Gasteiger partial charge in [-0.1, -0.05) is 0 Å². The van der Waals surface area contributed by atoms with Crippen molar-refractivity contribution in [1.82, 2.24) is 0 Å². The number of hydrogen-bond acceptors (Lipinski definition) is 0. The van der Waals surface area contributed by atoms with E-state index < -0.39 is 0 Å². The van der Waals surface area contributed by atoms with Crippen molar-refractivity contribution in [2.24, 2.45) is 0 Å². The molecule has 0 aliphatic rings. The van der Waals surface area contributed by atoms with Crippen molar-refractivity contribution in [3.8, 4) is 0 Å². The van der Waals surface area contributed by atoms with Gasteiger partial charge < -0.3 is 0 Å². The van der Waals surface area contributed by atoms with Gasteiger partial charge in [0.1, 0.15) is 0 Å². The first-order valence-electron chi connectivity index (χ1n) is 5.13. The molecule has 0 spiro atoms. The zero-order valence-electron chi connectivity index (χ0n) is 8.97. The molecule has 0 heterocycles. The minimum atomic E-state index is 0.0175. The molecule has 0 N–H and O–H groups in total. The minimum absolute atomic E-state index is 0.0175. The Morgan fingerprint density at radius 3 is 1.62 bits per heavy atom. The normalized spacial score (nSPS) is 9.88. The van der Waals surface area contributed by atoms with Crippen LogP contribution in [-0.2, 0) is 0 Å². The van der Waals surface area contributed by atoms with Crippen molar-refractivity contribution >= 4 is 40.7 Å². The predicted molar refractivity (Wildman–Crippen MR) is 71.5 cm³/mol. The van der Waals surface area contributed by atoms with Crippen LogP contribution in [0.1, 0.15) is 11.1 Å². The van der Waals surface area contributed by atoms with Gasteiger partial charge in [0, 0.05) is 0 Å². The van der Waals surface area contributed by atoms with Crippen molar-refractivity contribution in [3.63, 3.8) is 0 Å². The predicted octanol–water partition coefficient (Wildman–Crippen LogP) is 2.86. The molecule has 74 valence electrons. The summed E-state index contributed by atoms with van der Waals surface area (Å²) in [6.07, 6.45) is 0. The Labute approximate surface area is 116 Å². The molecule has 0 bridgehead atoms. The maximum absolute atomic E-state index is 2.42. The molecule has 0 unspecified atom stereocenters. The Morgan fingerprint density at radius 2 is 1.25 bits per heavy atom. The number of rotatable bonds is 3. The van der Waals surface area contributed by atoms with Gasteiger partial charge in [0.15, 0.2) is 0 Å². The molecule has 0 fully saturated rings. The molecule has 2 heteroatoms. The van der Waals surface area contributed by atoms with E-state index in [-0.39, 0.29) is 17.2 Å². The first kappa shape index (κ1) is 12.2. The summed E-state index contributed by atoms with van der Waals surface area (Å²) in [4.78, 5) is 0. The summed E-state index contributed by atoms with van der Waals surface area (Å²) in [6.45, 7) is 0. The van der Waals surface area contributed by atoms with Crippen molar-refractivity contribution in [2.75, 3.05) is 0 Å². The summed E-state index contributed by atoms with van der Waals surface area (Å²) in [5.74, 6) is 0. The zero-order valence-corrected chi connectivity index (χ0v) is 12.7. The van der Waals surface area contributed by atoms with Crippen LogP contribution in [0, 0.1) is 0 Å². The fraction of sp³-hybridized carbons (Fsp3) is 0. The van der Waals surface area contributed by atoms with Crippen LogP contribution in [0.3, 0.4) is 0 Å². The summed E-state index contributed by atoms with van der Waals surface area (Å²) in [5.41, 5.74) is 4.04. The fourth-order valence-corrected chi connectivity index (χ4v) is 3.99. The number of hydrogen-bond donors (Lipinski definition) is 0. The van der Waals surface area contributed by atoms with Crippen LogP contribution in [0.15, 0.2) is 64.8 Å². The zero-order chi connectivity index (χ0) is 11.2. The van der Waals surface area contributed by atoms with Crippen molar-refractivity contribution in [2.45, 2.75) is 0 Å². The van der Waals surface area contributed by atoms with E-state index in [2.05, 4.69) is 82.7 Å². The first-order valence-corrected chi connectivity index (χ1v) is 12.0. The van der Waals surface area contributed by atoms with E-state index in [4.69, 9.17) is 0 Å². The van der Waals surface area contributed by atoms with Crippen LogP contribution >= 0.6 is 0 Å². The second-order valence-electron chi connectivity index (χ2n) is 3.43. The summed E-state index contributed by atoms with van der Waals surface area (Å²) in [7, 11) is 0. The molecule has 16 heavy (non-hydrogen) atoms. The van der Waals surface area contributed by atoms with Gasteiger partial charge in [-0.3, -0.25) is 0 Å². The van der Waals surface area contributed by atoms with Gasteiger partial charge in [-0.25, -0.2) is 0 Å². The van der Waals surface area contributed by atoms with Crippen LogP contribution in [0.5, 0.6) is 0 Å². The van der Waals surface area contributed by atoms with E-state index >= 15 is 0 Å². The quantitative estimate of drug-likeness (QED) is 0.759. The molecule has 0 atom stereocenters. The fourth-order valence-electron chi connectivity index (χ4n) is 1.62. The van der Waals surface area contributed by atoms with Crippen molar-refractivity contribution < 1.29 is 0 Å². The first-order chi connectivity index (χ1) is 7.92. The van der Waals surface area contributed by atoms with E-state index in [1.54, 1.807) is 0 Å². The summed E-state index contributed by atoms with van der Waals surface area (Å²) >= 11 is 2.13. The van der Waals surface area contributed by atoms with Crippen LogP contribution in [0.4, 0.5) is 0 Å². The van der Waals surface area contributed by atoms with Gasteiger partial charge in [0.25, 0.3) is 0 Å². The maximum atomic E-state index is 2.42. The van der Waals surface area contributed by atoms with E-state index in [0.717, 1.165) is 0 Å². The Morgan fingerprint density at radius 1 is 0.812 bits per heavy atom. The van der Waals surface area contributed by atoms with E-state index in [0.29, 0.717) is 0 Å². The van der Waals surface area contributed by atoms with Crippen molar-refractivity contribution in [3.05, 3.63) is 75.9 Å². The van der Waals surface area contributed by atoms with Crippen LogP contribution in [0.25, 0.3) is 5.57 Å². The third-order valence-electron chi connectivity index (χ3n) is 2.37. The average molecular weight is 331 g/mol. The van der Waals surface area contributed by atoms with Gasteiger partial charge in [0.05, 0.1) is 0 Å². The van der Waals surface area contributed by atoms with Crippen molar-refractivity contribution in [1.29, 1.82) is 0 Å². The Kier molecular flexibility index (Phi) is 4.93. The molecule has 0 saturated heterocycles. The van der Waals surface area contributed by atoms with Gasteiger partial charge >= 0.3 is 117 Å². The topological polar surface area (TPSA) is 0 Å². The molecule has 2 rings (SSSR count). The molecule has 0 aromatic heterocycles. The Bertz CT molecular complexity index is 421. The monoisotopic (exact) mass is 333 g/mol. The summed E-state index contributed by atoms with van der Waals surface area (Å²) in [6, 6.07) is 21.3. The molecule has 0 radical (unpaired) electrons. The van der Waals surface area contributed by atoms with Crippen LogP contribution in [-0.4, -0.2) is 35.1 Å². The van der Waals surface area contributed by atoms with E-state index in [1.807, 2.05) is 0 Å². The van der Waals surface area contributed by atoms with Gasteiger partial charge in [0.2, 0.25) is 0 Å². The molecular formula is C14H11MgTe+. The van der Waals surface area contributed by atoms with Gasteiger partial charge in [-0.05, 0) is 0 Å². The van der Waals surface area contributed by atoms with Gasteiger partial charge in [-0.15, -0.1) is 0 Å². The second-order valence-corrected chi connectivity index (χ2v) is 7.29. The molecule has 0 aliphatic heterocycles. The SMILES string of the molecule is [Mg+][Te]C=C(c1ccccc1)c1ccccc1. The molecule has 0 amide bonds. The Balaban J connectivity index is 2.44. The Hall–Kier alpha value is -0.264. The molecule has 0 aliphatic carbocycles. The van der Waals surface area contributed by atoms with E-state index in [1.165, 1.54) is 16.7 Å². The molecular weight excluding hydrogens is 320 g/mol. The molecule has 2 aromatic carbocycles. The third-order valence-corrected chi connectivity index (χ3v) is 4.64. The molecule has 2 aromatic rings. The number of benzene rings is 2. The van der Waals surface area contributed by atoms with Gasteiger partial charge in [-0.2, -0.15) is 0 Å². The van der Waals surface area contributed by atoms with Crippen LogP contribution in [0.2, 0.25) is 0 Å². The third kappa shape index (κ3) is 3.12. The summed E-state index contributed by atoms with van der Waals surface area (Å²) < 4.78 is 2.42. The standard InChI is InChI=1S/C14H12Te.Mg/c15-11-14(12-7-3-1-4-8-12)13-9-5-2-6-10-13;/h1-11,15H;/q;+2/p-1. The van der Waals surface area contributed by atoms with Crippen LogP contribution < -0.4 is 0 Å². The van der Waals surface area contributed by atoms with E-state index in [9.17, 15) is 0 Å². The molecule has 0 nitrogen and oxygen atoms in total. The average Bonchev–Trinajstić information content (AvgIpc) is 2.38. The second kappa shape index (κ2) is 6.47. The summed E-state index contributed by atoms with van der Waals surface area (Å²) in [5, 5.41) is 0.